The first-order valence-corrected chi connectivity index (χ1v) is 6.22. The van der Waals surface area contributed by atoms with Gasteiger partial charge in [-0.3, -0.25) is 4.48 Å². The first kappa shape index (κ1) is 18.6. The van der Waals surface area contributed by atoms with Crippen LogP contribution in [0.2, 0.25) is 0 Å². The van der Waals surface area contributed by atoms with Crippen LogP contribution in [-0.4, -0.2) is 44.4 Å². The Hall–Kier alpha value is -1.36. The number of aliphatic hydroxyl groups is 1. The average Bonchev–Trinajstić information content (AvgIpc) is 2.36. The van der Waals surface area contributed by atoms with E-state index in [1.165, 1.54) is 0 Å². The fourth-order valence-electron chi connectivity index (χ4n) is 1.81. The first-order valence-electron chi connectivity index (χ1n) is 6.22. The summed E-state index contributed by atoms with van der Waals surface area (Å²) in [5.74, 6) is -0.468. The van der Waals surface area contributed by atoms with Gasteiger partial charge < -0.3 is 22.3 Å². The molecule has 0 bridgehead atoms. The van der Waals surface area contributed by atoms with Crippen LogP contribution >= 0.6 is 0 Å². The van der Waals surface area contributed by atoms with Crippen molar-refractivity contribution in [1.29, 1.82) is 0 Å². The van der Waals surface area contributed by atoms with E-state index in [-0.39, 0.29) is 19.0 Å². The lowest BCUT2D eigenvalue weighted by molar-refractivity contribution is -0.142. The maximum atomic E-state index is 11.2. The van der Waals surface area contributed by atoms with Gasteiger partial charge in [0.2, 0.25) is 0 Å². The van der Waals surface area contributed by atoms with Crippen molar-refractivity contribution in [2.24, 2.45) is 0 Å². The van der Waals surface area contributed by atoms with Crippen molar-refractivity contribution in [1.82, 2.24) is 4.48 Å². The molecule has 0 aromatic heterocycles. The molecule has 1 aromatic carbocycles. The van der Waals surface area contributed by atoms with Crippen LogP contribution < -0.4 is 16.9 Å². The van der Waals surface area contributed by atoms with Crippen LogP contribution in [0, 0.1) is 0 Å². The van der Waals surface area contributed by atoms with Crippen molar-refractivity contribution in [2.45, 2.75) is 13.0 Å². The number of aliphatic hydroxyl groups excluding tert-OH is 1. The number of hydrogen-bond donors (Lipinski definition) is 1. The fraction of sp³-hybridized carbons (Fsp3) is 0.400. The average molecular weight is 300 g/mol. The molecule has 1 N–H and O–H groups in total. The smallest absolute Gasteiger partial charge is 0.333 e. The number of ether oxygens (including phenoxy) is 1. The van der Waals surface area contributed by atoms with Crippen LogP contribution in [0.5, 0.6) is 0 Å². The number of nitrogens with zero attached hydrogens (tertiary/aromatic N) is 1. The molecule has 0 aliphatic carbocycles. The zero-order chi connectivity index (χ0) is 14.5. The van der Waals surface area contributed by atoms with E-state index in [0.29, 0.717) is 16.6 Å². The number of carbonyl (C=O) groups excluding carboxylic acids is 1. The third-order valence-electron chi connectivity index (χ3n) is 2.88. The summed E-state index contributed by atoms with van der Waals surface area (Å²) in [4.78, 5) is 11.2. The molecule has 5 heteroatoms. The molecule has 0 fully saturated rings. The molecule has 0 heterocycles. The summed E-state index contributed by atoms with van der Waals surface area (Å²) in [5.41, 5.74) is 1.43. The quantitative estimate of drug-likeness (QED) is 0.405. The van der Waals surface area contributed by atoms with Gasteiger partial charge in [0.15, 0.2) is 0 Å². The molecule has 1 aromatic rings. The molecule has 20 heavy (non-hydrogen) atoms. The molecule has 0 saturated carbocycles. The maximum Gasteiger partial charge on any atom is 0.333 e. The predicted molar refractivity (Wildman–Crippen MR) is 76.7 cm³/mol. The van der Waals surface area contributed by atoms with Gasteiger partial charge in [0.25, 0.3) is 0 Å². The number of esters is 1. The van der Waals surface area contributed by atoms with Crippen molar-refractivity contribution in [3.05, 3.63) is 42.5 Å². The summed E-state index contributed by atoms with van der Waals surface area (Å²) in [6.07, 6.45) is -0.710. The lowest BCUT2D eigenvalue weighted by Gasteiger charge is -2.31. The Bertz CT molecular complexity index is 446. The van der Waals surface area contributed by atoms with Crippen molar-refractivity contribution in [2.75, 3.05) is 27.2 Å². The van der Waals surface area contributed by atoms with Gasteiger partial charge in [-0.1, -0.05) is 24.8 Å². The highest BCUT2D eigenvalue weighted by Crippen LogP contribution is 2.18. The zero-order valence-corrected chi connectivity index (χ0v) is 12.9. The minimum Gasteiger partial charge on any atom is -1.00 e. The summed E-state index contributed by atoms with van der Waals surface area (Å²) < 4.78 is 5.47. The highest BCUT2D eigenvalue weighted by atomic mass is 35.5. The molecule has 0 saturated heterocycles. The van der Waals surface area contributed by atoms with Crippen molar-refractivity contribution < 1.29 is 27.0 Å². The van der Waals surface area contributed by atoms with E-state index in [2.05, 4.69) is 6.58 Å². The molecule has 0 aliphatic heterocycles. The zero-order valence-electron chi connectivity index (χ0n) is 12.2. The van der Waals surface area contributed by atoms with E-state index >= 15 is 0 Å². The van der Waals surface area contributed by atoms with Gasteiger partial charge in [-0.15, -0.1) is 0 Å². The topological polar surface area (TPSA) is 46.5 Å². The SMILES string of the molecule is C=C(C)C(=O)OCC(O)C[N+](C)(C)c1ccccc1.[Cl-]. The molecular weight excluding hydrogens is 278 g/mol. The summed E-state index contributed by atoms with van der Waals surface area (Å²) in [6.45, 7) is 5.53. The van der Waals surface area contributed by atoms with Crippen molar-refractivity contribution in [3.63, 3.8) is 0 Å². The Morgan fingerprint density at radius 3 is 2.40 bits per heavy atom. The van der Waals surface area contributed by atoms with Gasteiger partial charge in [0.1, 0.15) is 24.9 Å². The Balaban J connectivity index is 0.00000361. The fourth-order valence-corrected chi connectivity index (χ4v) is 1.81. The number of carbonyl (C=O) groups is 1. The van der Waals surface area contributed by atoms with Crippen LogP contribution in [0.1, 0.15) is 6.92 Å². The van der Waals surface area contributed by atoms with Gasteiger partial charge >= 0.3 is 5.97 Å². The minimum atomic E-state index is -0.710. The van der Waals surface area contributed by atoms with Gasteiger partial charge in [0, 0.05) is 5.57 Å². The number of hydrogen-bond acceptors (Lipinski definition) is 3. The highest BCUT2D eigenvalue weighted by molar-refractivity contribution is 5.86. The number of likely N-dealkylation sites (N-methyl/N-ethyl adjacent to an activating group) is 1. The van der Waals surface area contributed by atoms with Crippen LogP contribution in [0.15, 0.2) is 42.5 Å². The molecule has 0 amide bonds. The standard InChI is InChI=1S/C15H22NO3.ClH/c1-12(2)15(18)19-11-14(17)10-16(3,4)13-8-6-5-7-9-13;/h5-9,14,17H,1,10-11H2,2-4H3;1H/q+1;/p-1. The van der Waals surface area contributed by atoms with Crippen LogP contribution in [0.3, 0.4) is 0 Å². The van der Waals surface area contributed by atoms with Gasteiger partial charge in [-0.05, 0) is 19.1 Å². The molecule has 0 aliphatic rings. The molecular formula is C15H22ClNO3. The first-order chi connectivity index (χ1) is 8.83. The van der Waals surface area contributed by atoms with E-state index in [4.69, 9.17) is 4.74 Å². The van der Waals surface area contributed by atoms with Gasteiger partial charge in [-0.25, -0.2) is 4.79 Å². The second kappa shape index (κ2) is 8.04. The van der Waals surface area contributed by atoms with Gasteiger partial charge in [-0.2, -0.15) is 0 Å². The second-order valence-corrected chi connectivity index (χ2v) is 5.24. The number of para-hydroxylation sites is 1. The maximum absolute atomic E-state index is 11.2. The Morgan fingerprint density at radius 2 is 1.90 bits per heavy atom. The molecule has 1 unspecified atom stereocenters. The molecule has 0 spiro atoms. The number of halogens is 1. The Kier molecular flexibility index (Phi) is 7.50. The van der Waals surface area contributed by atoms with Crippen LogP contribution in [0.25, 0.3) is 0 Å². The van der Waals surface area contributed by atoms with Crippen LogP contribution in [-0.2, 0) is 9.53 Å². The molecule has 1 rings (SSSR count). The van der Waals surface area contributed by atoms with E-state index in [1.807, 2.05) is 44.4 Å². The van der Waals surface area contributed by atoms with E-state index in [1.54, 1.807) is 6.92 Å². The number of quaternary nitrogens is 1. The normalized spacial score (nSPS) is 12.2. The summed E-state index contributed by atoms with van der Waals surface area (Å²) in [7, 11) is 4.00. The molecule has 1 atom stereocenters. The monoisotopic (exact) mass is 299 g/mol. The summed E-state index contributed by atoms with van der Waals surface area (Å²) in [6, 6.07) is 9.89. The van der Waals surface area contributed by atoms with E-state index in [0.717, 1.165) is 5.69 Å². The number of benzene rings is 1. The summed E-state index contributed by atoms with van der Waals surface area (Å²) >= 11 is 0. The molecule has 0 radical (unpaired) electrons. The predicted octanol–water partition coefficient (Wildman–Crippen LogP) is -1.26. The number of rotatable bonds is 6. The van der Waals surface area contributed by atoms with Crippen molar-refractivity contribution in [3.8, 4) is 0 Å². The van der Waals surface area contributed by atoms with E-state index < -0.39 is 12.1 Å². The Labute approximate surface area is 126 Å². The lowest BCUT2D eigenvalue weighted by atomic mass is 10.2. The third-order valence-corrected chi connectivity index (χ3v) is 2.88. The van der Waals surface area contributed by atoms with Crippen molar-refractivity contribution >= 4 is 11.7 Å². The minimum absolute atomic E-state index is 0. The van der Waals surface area contributed by atoms with Gasteiger partial charge in [0.05, 0.1) is 14.1 Å². The third kappa shape index (κ3) is 5.74. The second-order valence-electron chi connectivity index (χ2n) is 5.24. The Morgan fingerprint density at radius 1 is 1.35 bits per heavy atom. The largest absolute Gasteiger partial charge is 1.00 e. The highest BCUT2D eigenvalue weighted by Gasteiger charge is 2.24. The van der Waals surface area contributed by atoms with Crippen LogP contribution in [0.4, 0.5) is 5.69 Å². The lowest BCUT2D eigenvalue weighted by Crippen LogP contribution is -3.00. The van der Waals surface area contributed by atoms with E-state index in [9.17, 15) is 9.90 Å². The molecule has 112 valence electrons. The summed E-state index contributed by atoms with van der Waals surface area (Å²) in [5, 5.41) is 9.95. The molecule has 4 nitrogen and oxygen atoms in total.